The Kier molecular flexibility index (Phi) is 5.24. The first-order valence-electron chi connectivity index (χ1n) is 6.99. The topological polar surface area (TPSA) is 67.8 Å². The minimum absolute atomic E-state index is 0.0502. The van der Waals surface area contributed by atoms with Gasteiger partial charge in [0.1, 0.15) is 11.5 Å². The highest BCUT2D eigenvalue weighted by Crippen LogP contribution is 2.32. The van der Waals surface area contributed by atoms with Crippen LogP contribution in [0.15, 0.2) is 24.3 Å². The van der Waals surface area contributed by atoms with Gasteiger partial charge in [-0.05, 0) is 49.9 Å². The van der Waals surface area contributed by atoms with Crippen LogP contribution in [0.5, 0.6) is 11.5 Å². The van der Waals surface area contributed by atoms with Gasteiger partial charge in [0.25, 0.3) is 5.91 Å². The minimum atomic E-state index is -0.426. The lowest BCUT2D eigenvalue weighted by molar-refractivity contribution is -0.123. The van der Waals surface area contributed by atoms with E-state index in [1.165, 1.54) is 0 Å². The Balaban J connectivity index is 1.66. The van der Waals surface area contributed by atoms with Crippen LogP contribution in [0.4, 0.5) is 0 Å². The molecule has 1 amide bonds. The molecule has 0 radical (unpaired) electrons. The zero-order valence-electron chi connectivity index (χ0n) is 11.7. The number of aliphatic hydroxyl groups excluding tert-OH is 1. The van der Waals surface area contributed by atoms with E-state index in [1.54, 1.807) is 24.3 Å². The minimum Gasteiger partial charge on any atom is -0.494 e. The van der Waals surface area contributed by atoms with Gasteiger partial charge in [-0.25, -0.2) is 0 Å². The van der Waals surface area contributed by atoms with E-state index in [4.69, 9.17) is 9.47 Å². The second-order valence-electron chi connectivity index (χ2n) is 4.90. The first-order valence-corrected chi connectivity index (χ1v) is 6.99. The molecule has 1 aromatic rings. The quantitative estimate of drug-likeness (QED) is 0.754. The zero-order chi connectivity index (χ0) is 14.4. The summed E-state index contributed by atoms with van der Waals surface area (Å²) in [6, 6.07) is 7.12. The fourth-order valence-corrected chi connectivity index (χ4v) is 1.86. The third-order valence-corrected chi connectivity index (χ3v) is 3.18. The molecule has 0 saturated heterocycles. The lowest BCUT2D eigenvalue weighted by atomic mass is 10.2. The SMILES string of the molecule is CCOc1ccc(OCC(=O)NCC(O)C2CC2)cc1. The van der Waals surface area contributed by atoms with Gasteiger partial charge in [0.15, 0.2) is 6.61 Å². The summed E-state index contributed by atoms with van der Waals surface area (Å²) in [4.78, 5) is 11.6. The molecule has 20 heavy (non-hydrogen) atoms. The molecule has 2 N–H and O–H groups in total. The van der Waals surface area contributed by atoms with Crippen LogP contribution >= 0.6 is 0 Å². The lowest BCUT2D eigenvalue weighted by Gasteiger charge is -2.11. The largest absolute Gasteiger partial charge is 0.494 e. The van der Waals surface area contributed by atoms with Crippen molar-refractivity contribution < 1.29 is 19.4 Å². The maximum Gasteiger partial charge on any atom is 0.258 e. The molecule has 110 valence electrons. The van der Waals surface area contributed by atoms with Gasteiger partial charge in [0.05, 0.1) is 12.7 Å². The van der Waals surface area contributed by atoms with Gasteiger partial charge in [-0.2, -0.15) is 0 Å². The molecule has 0 spiro atoms. The molecule has 1 aliphatic rings. The highest BCUT2D eigenvalue weighted by atomic mass is 16.5. The molecule has 1 fully saturated rings. The van der Waals surface area contributed by atoms with Crippen LogP contribution in [0, 0.1) is 5.92 Å². The second kappa shape index (κ2) is 7.14. The van der Waals surface area contributed by atoms with Crippen molar-refractivity contribution in [1.29, 1.82) is 0 Å². The smallest absolute Gasteiger partial charge is 0.258 e. The van der Waals surface area contributed by atoms with Crippen molar-refractivity contribution in [3.8, 4) is 11.5 Å². The van der Waals surface area contributed by atoms with Crippen LogP contribution in [-0.4, -0.2) is 36.9 Å². The van der Waals surface area contributed by atoms with E-state index in [-0.39, 0.29) is 12.5 Å². The van der Waals surface area contributed by atoms with Crippen LogP contribution < -0.4 is 14.8 Å². The Bertz CT molecular complexity index is 428. The standard InChI is InChI=1S/C15H21NO4/c1-2-19-12-5-7-13(8-6-12)20-10-15(18)16-9-14(17)11-3-4-11/h5-8,11,14,17H,2-4,9-10H2,1H3,(H,16,18). The van der Waals surface area contributed by atoms with Gasteiger partial charge in [-0.15, -0.1) is 0 Å². The Morgan fingerprint density at radius 2 is 1.90 bits per heavy atom. The molecule has 0 heterocycles. The van der Waals surface area contributed by atoms with E-state index in [0.29, 0.717) is 24.8 Å². The normalized spacial score (nSPS) is 15.5. The fraction of sp³-hybridized carbons (Fsp3) is 0.533. The van der Waals surface area contributed by atoms with Gasteiger partial charge in [-0.1, -0.05) is 0 Å². The van der Waals surface area contributed by atoms with E-state index in [2.05, 4.69) is 5.32 Å². The van der Waals surface area contributed by atoms with Gasteiger partial charge in [0.2, 0.25) is 0 Å². The summed E-state index contributed by atoms with van der Waals surface area (Å²) in [5, 5.41) is 12.3. The summed E-state index contributed by atoms with van der Waals surface area (Å²) in [5.41, 5.74) is 0. The Hall–Kier alpha value is -1.75. The predicted octanol–water partition coefficient (Wildman–Crippen LogP) is 1.35. The highest BCUT2D eigenvalue weighted by molar-refractivity contribution is 5.77. The number of amides is 1. The molecule has 0 aliphatic heterocycles. The molecule has 0 aromatic heterocycles. The molecule has 5 nitrogen and oxygen atoms in total. The van der Waals surface area contributed by atoms with Crippen molar-refractivity contribution >= 4 is 5.91 Å². The molecule has 1 saturated carbocycles. The molecule has 1 atom stereocenters. The van der Waals surface area contributed by atoms with Crippen molar-refractivity contribution in [2.24, 2.45) is 5.92 Å². The van der Waals surface area contributed by atoms with E-state index in [0.717, 1.165) is 18.6 Å². The van der Waals surface area contributed by atoms with Crippen molar-refractivity contribution in [3.05, 3.63) is 24.3 Å². The van der Waals surface area contributed by atoms with Gasteiger partial charge in [-0.3, -0.25) is 4.79 Å². The van der Waals surface area contributed by atoms with Crippen molar-refractivity contribution in [3.63, 3.8) is 0 Å². The maximum absolute atomic E-state index is 11.6. The number of benzene rings is 1. The summed E-state index contributed by atoms with van der Waals surface area (Å²) in [6.07, 6.45) is 1.68. The number of hydrogen-bond acceptors (Lipinski definition) is 4. The monoisotopic (exact) mass is 279 g/mol. The fourth-order valence-electron chi connectivity index (χ4n) is 1.86. The number of carbonyl (C=O) groups is 1. The number of hydrogen-bond donors (Lipinski definition) is 2. The summed E-state index contributed by atoms with van der Waals surface area (Å²) >= 11 is 0. The maximum atomic E-state index is 11.6. The Morgan fingerprint density at radius 3 is 2.45 bits per heavy atom. The summed E-state index contributed by atoms with van der Waals surface area (Å²) in [5.74, 6) is 1.53. The number of carbonyl (C=O) groups excluding carboxylic acids is 1. The third kappa shape index (κ3) is 4.74. The molecule has 1 unspecified atom stereocenters. The summed E-state index contributed by atoms with van der Waals surface area (Å²) in [7, 11) is 0. The van der Waals surface area contributed by atoms with E-state index < -0.39 is 6.10 Å². The van der Waals surface area contributed by atoms with Gasteiger partial charge in [0, 0.05) is 6.54 Å². The third-order valence-electron chi connectivity index (χ3n) is 3.18. The van der Waals surface area contributed by atoms with E-state index in [1.807, 2.05) is 6.92 Å². The number of rotatable bonds is 8. The predicted molar refractivity (Wildman–Crippen MR) is 74.8 cm³/mol. The average molecular weight is 279 g/mol. The highest BCUT2D eigenvalue weighted by Gasteiger charge is 2.29. The average Bonchev–Trinajstić information content (AvgIpc) is 3.29. The molecule has 2 rings (SSSR count). The number of ether oxygens (including phenoxy) is 2. The number of nitrogens with one attached hydrogen (secondary N) is 1. The number of aliphatic hydroxyl groups is 1. The summed E-state index contributed by atoms with van der Waals surface area (Å²) in [6.45, 7) is 2.79. The molecular weight excluding hydrogens is 258 g/mol. The molecule has 0 bridgehead atoms. The molecule has 5 heteroatoms. The molecule has 1 aromatic carbocycles. The first-order chi connectivity index (χ1) is 9.69. The van der Waals surface area contributed by atoms with E-state index in [9.17, 15) is 9.90 Å². The van der Waals surface area contributed by atoms with Gasteiger partial charge < -0.3 is 19.9 Å². The van der Waals surface area contributed by atoms with Gasteiger partial charge >= 0.3 is 0 Å². The van der Waals surface area contributed by atoms with Crippen molar-refractivity contribution in [2.75, 3.05) is 19.8 Å². The van der Waals surface area contributed by atoms with E-state index >= 15 is 0 Å². The first kappa shape index (κ1) is 14.7. The molecular formula is C15H21NO4. The summed E-state index contributed by atoms with van der Waals surface area (Å²) < 4.78 is 10.7. The second-order valence-corrected chi connectivity index (χ2v) is 4.90. The van der Waals surface area contributed by atoms with Crippen LogP contribution in [0.2, 0.25) is 0 Å². The van der Waals surface area contributed by atoms with Crippen LogP contribution in [0.1, 0.15) is 19.8 Å². The zero-order valence-corrected chi connectivity index (χ0v) is 11.7. The molecule has 1 aliphatic carbocycles. The van der Waals surface area contributed by atoms with Crippen LogP contribution in [0.3, 0.4) is 0 Å². The lowest BCUT2D eigenvalue weighted by Crippen LogP contribution is -2.36. The Labute approximate surface area is 118 Å². The van der Waals surface area contributed by atoms with Crippen LogP contribution in [0.25, 0.3) is 0 Å². The Morgan fingerprint density at radius 1 is 1.30 bits per heavy atom. The van der Waals surface area contributed by atoms with Crippen molar-refractivity contribution in [1.82, 2.24) is 5.32 Å². The van der Waals surface area contributed by atoms with Crippen LogP contribution in [-0.2, 0) is 4.79 Å². The van der Waals surface area contributed by atoms with Crippen molar-refractivity contribution in [2.45, 2.75) is 25.9 Å².